The van der Waals surface area contributed by atoms with Crippen molar-refractivity contribution >= 4 is 11.8 Å². The summed E-state index contributed by atoms with van der Waals surface area (Å²) in [6, 6.07) is -0.378. The lowest BCUT2D eigenvalue weighted by molar-refractivity contribution is -0.135. The molecule has 2 atom stereocenters. The largest absolute Gasteiger partial charge is 0.356 e. The summed E-state index contributed by atoms with van der Waals surface area (Å²) in [7, 11) is 0. The van der Waals surface area contributed by atoms with Gasteiger partial charge < -0.3 is 16.0 Å². The molecule has 2 amide bonds. The number of rotatable bonds is 5. The Labute approximate surface area is 115 Å². The van der Waals surface area contributed by atoms with Crippen molar-refractivity contribution in [3.63, 3.8) is 0 Å². The number of nitrogens with one attached hydrogen (secondary N) is 1. The maximum Gasteiger partial charge on any atom is 0.239 e. The summed E-state index contributed by atoms with van der Waals surface area (Å²) in [6.45, 7) is 7.84. The molecule has 0 saturated carbocycles. The van der Waals surface area contributed by atoms with E-state index in [4.69, 9.17) is 5.73 Å². The highest BCUT2D eigenvalue weighted by Gasteiger charge is 2.28. The van der Waals surface area contributed by atoms with Crippen molar-refractivity contribution in [2.24, 2.45) is 17.6 Å². The minimum atomic E-state index is -0.378. The van der Waals surface area contributed by atoms with Gasteiger partial charge >= 0.3 is 0 Å². The number of carbonyl (C=O) groups is 2. The first-order valence-electron chi connectivity index (χ1n) is 7.24. The number of likely N-dealkylation sites (tertiary alicyclic amines) is 1. The van der Waals surface area contributed by atoms with Crippen molar-refractivity contribution in [1.82, 2.24) is 10.2 Å². The lowest BCUT2D eigenvalue weighted by Gasteiger charge is -2.34. The second-order valence-corrected chi connectivity index (χ2v) is 5.62. The van der Waals surface area contributed by atoms with Crippen LogP contribution in [0.4, 0.5) is 0 Å². The van der Waals surface area contributed by atoms with Crippen LogP contribution in [-0.4, -0.2) is 42.4 Å². The van der Waals surface area contributed by atoms with Crippen LogP contribution in [0.3, 0.4) is 0 Å². The lowest BCUT2D eigenvalue weighted by Crippen LogP contribution is -2.50. The molecule has 0 aliphatic carbocycles. The van der Waals surface area contributed by atoms with Gasteiger partial charge in [0.1, 0.15) is 0 Å². The van der Waals surface area contributed by atoms with Crippen LogP contribution < -0.4 is 11.1 Å². The summed E-state index contributed by atoms with van der Waals surface area (Å²) in [5.41, 5.74) is 5.99. The molecule has 1 saturated heterocycles. The van der Waals surface area contributed by atoms with Crippen molar-refractivity contribution in [1.29, 1.82) is 0 Å². The van der Waals surface area contributed by atoms with E-state index in [2.05, 4.69) is 12.2 Å². The first kappa shape index (κ1) is 16.0. The second-order valence-electron chi connectivity index (χ2n) is 5.62. The standard InChI is InChI=1S/C14H27N3O2/c1-4-10(2)13(15)14(19)17-7-5-12(6-8-17)9-16-11(3)18/h10,12-13H,4-9,15H2,1-3H3,(H,16,18)/t10-,13-/m0/s1. The summed E-state index contributed by atoms with van der Waals surface area (Å²) in [5, 5.41) is 2.84. The Balaban J connectivity index is 2.36. The van der Waals surface area contributed by atoms with Gasteiger partial charge in [0.05, 0.1) is 6.04 Å². The average molecular weight is 269 g/mol. The first-order valence-corrected chi connectivity index (χ1v) is 7.24. The van der Waals surface area contributed by atoms with Crippen LogP contribution in [0.5, 0.6) is 0 Å². The molecule has 0 unspecified atom stereocenters. The zero-order chi connectivity index (χ0) is 14.4. The molecule has 0 spiro atoms. The second kappa shape index (κ2) is 7.48. The smallest absolute Gasteiger partial charge is 0.239 e. The Morgan fingerprint density at radius 1 is 1.37 bits per heavy atom. The number of nitrogens with zero attached hydrogens (tertiary/aromatic N) is 1. The zero-order valence-corrected chi connectivity index (χ0v) is 12.3. The van der Waals surface area contributed by atoms with Gasteiger partial charge in [-0.05, 0) is 24.7 Å². The van der Waals surface area contributed by atoms with Gasteiger partial charge in [-0.15, -0.1) is 0 Å². The van der Waals surface area contributed by atoms with Crippen molar-refractivity contribution in [3.8, 4) is 0 Å². The summed E-state index contributed by atoms with van der Waals surface area (Å²) in [4.78, 5) is 24.9. The minimum Gasteiger partial charge on any atom is -0.356 e. The van der Waals surface area contributed by atoms with Gasteiger partial charge in [-0.1, -0.05) is 20.3 Å². The fourth-order valence-electron chi connectivity index (χ4n) is 2.35. The molecule has 1 fully saturated rings. The Bertz CT molecular complexity index is 312. The maximum atomic E-state index is 12.2. The van der Waals surface area contributed by atoms with E-state index < -0.39 is 0 Å². The molecule has 3 N–H and O–H groups in total. The van der Waals surface area contributed by atoms with E-state index in [9.17, 15) is 9.59 Å². The molecule has 0 aromatic rings. The van der Waals surface area contributed by atoms with E-state index in [0.29, 0.717) is 5.92 Å². The quantitative estimate of drug-likeness (QED) is 0.773. The number of hydrogen-bond donors (Lipinski definition) is 2. The lowest BCUT2D eigenvalue weighted by atomic mass is 9.94. The Morgan fingerprint density at radius 3 is 2.42 bits per heavy atom. The number of carbonyl (C=O) groups excluding carboxylic acids is 2. The van der Waals surface area contributed by atoms with Crippen LogP contribution in [0, 0.1) is 11.8 Å². The predicted molar refractivity (Wildman–Crippen MR) is 75.4 cm³/mol. The zero-order valence-electron chi connectivity index (χ0n) is 12.3. The molecule has 0 bridgehead atoms. The molecule has 0 aromatic heterocycles. The van der Waals surface area contributed by atoms with E-state index in [1.807, 2.05) is 11.8 Å². The number of hydrogen-bond acceptors (Lipinski definition) is 3. The Hall–Kier alpha value is -1.10. The highest BCUT2D eigenvalue weighted by atomic mass is 16.2. The summed E-state index contributed by atoms with van der Waals surface area (Å²) in [6.07, 6.45) is 2.81. The molecule has 1 heterocycles. The van der Waals surface area contributed by atoms with Gasteiger partial charge in [-0.3, -0.25) is 9.59 Å². The third-order valence-corrected chi connectivity index (χ3v) is 4.11. The number of amides is 2. The molecule has 110 valence electrons. The van der Waals surface area contributed by atoms with Crippen molar-refractivity contribution in [2.75, 3.05) is 19.6 Å². The van der Waals surface area contributed by atoms with Crippen LogP contribution in [0.25, 0.3) is 0 Å². The summed E-state index contributed by atoms with van der Waals surface area (Å²) in [5.74, 6) is 0.794. The highest BCUT2D eigenvalue weighted by molar-refractivity contribution is 5.82. The monoisotopic (exact) mass is 269 g/mol. The molecular weight excluding hydrogens is 242 g/mol. The van der Waals surface area contributed by atoms with Gasteiger partial charge in [-0.25, -0.2) is 0 Å². The maximum absolute atomic E-state index is 12.2. The first-order chi connectivity index (χ1) is 8.95. The highest BCUT2D eigenvalue weighted by Crippen LogP contribution is 2.18. The van der Waals surface area contributed by atoms with Gasteiger partial charge in [0.2, 0.25) is 11.8 Å². The molecule has 1 rings (SSSR count). The van der Waals surface area contributed by atoms with Crippen molar-refractivity contribution < 1.29 is 9.59 Å². The van der Waals surface area contributed by atoms with Gasteiger partial charge in [0.25, 0.3) is 0 Å². The molecule has 1 aliphatic rings. The van der Waals surface area contributed by atoms with E-state index in [0.717, 1.165) is 38.9 Å². The van der Waals surface area contributed by atoms with E-state index in [1.54, 1.807) is 0 Å². The molecule has 5 nitrogen and oxygen atoms in total. The molecule has 5 heteroatoms. The minimum absolute atomic E-state index is 0.0114. The molecule has 0 radical (unpaired) electrons. The van der Waals surface area contributed by atoms with Crippen LogP contribution >= 0.6 is 0 Å². The predicted octanol–water partition coefficient (Wildman–Crippen LogP) is 0.735. The van der Waals surface area contributed by atoms with Gasteiger partial charge in [-0.2, -0.15) is 0 Å². The molecule has 19 heavy (non-hydrogen) atoms. The fraction of sp³-hybridized carbons (Fsp3) is 0.857. The third-order valence-electron chi connectivity index (χ3n) is 4.11. The van der Waals surface area contributed by atoms with E-state index in [-0.39, 0.29) is 23.8 Å². The summed E-state index contributed by atoms with van der Waals surface area (Å²) >= 11 is 0. The Kier molecular flexibility index (Phi) is 6.28. The number of piperidine rings is 1. The normalized spacial score (nSPS) is 19.9. The third kappa shape index (κ3) is 4.82. The van der Waals surface area contributed by atoms with Crippen LogP contribution in [0.15, 0.2) is 0 Å². The van der Waals surface area contributed by atoms with Crippen LogP contribution in [0.1, 0.15) is 40.0 Å². The molecular formula is C14H27N3O2. The van der Waals surface area contributed by atoms with Crippen LogP contribution in [-0.2, 0) is 9.59 Å². The average Bonchev–Trinajstić information content (AvgIpc) is 2.43. The topological polar surface area (TPSA) is 75.4 Å². The van der Waals surface area contributed by atoms with Crippen molar-refractivity contribution in [2.45, 2.75) is 46.1 Å². The fourth-order valence-corrected chi connectivity index (χ4v) is 2.35. The number of nitrogens with two attached hydrogens (primary N) is 1. The van der Waals surface area contributed by atoms with Crippen LogP contribution in [0.2, 0.25) is 0 Å². The molecule has 0 aromatic carbocycles. The summed E-state index contributed by atoms with van der Waals surface area (Å²) < 4.78 is 0. The van der Waals surface area contributed by atoms with E-state index in [1.165, 1.54) is 6.92 Å². The molecule has 1 aliphatic heterocycles. The van der Waals surface area contributed by atoms with Gasteiger partial charge in [0, 0.05) is 26.6 Å². The van der Waals surface area contributed by atoms with E-state index >= 15 is 0 Å². The Morgan fingerprint density at radius 2 is 1.95 bits per heavy atom. The van der Waals surface area contributed by atoms with Gasteiger partial charge in [0.15, 0.2) is 0 Å². The SMILES string of the molecule is CC[C@H](C)[C@H](N)C(=O)N1CCC(CNC(C)=O)CC1. The van der Waals surface area contributed by atoms with Crippen molar-refractivity contribution in [3.05, 3.63) is 0 Å².